The Balaban J connectivity index is 1.54. The van der Waals surface area contributed by atoms with E-state index in [1.165, 1.54) is 56.9 Å². The van der Waals surface area contributed by atoms with Crippen LogP contribution in [0.4, 0.5) is 17.6 Å². The van der Waals surface area contributed by atoms with Crippen molar-refractivity contribution in [2.24, 2.45) is 5.92 Å². The molecule has 2 aliphatic carbocycles. The third kappa shape index (κ3) is 5.58. The largest absolute Gasteiger partial charge is 0.487 e. The molecule has 0 atom stereocenters. The Morgan fingerprint density at radius 1 is 0.844 bits per heavy atom. The van der Waals surface area contributed by atoms with Crippen LogP contribution in [0.3, 0.4) is 0 Å². The molecule has 3 rings (SSSR count). The van der Waals surface area contributed by atoms with Gasteiger partial charge in [-0.25, -0.2) is 0 Å². The fraction of sp³-hybridized carbons (Fsp3) is 0.630. The van der Waals surface area contributed by atoms with Crippen molar-refractivity contribution < 1.29 is 22.3 Å². The Bertz CT molecular complexity index is 786. The fourth-order valence-electron chi connectivity index (χ4n) is 4.90. The Morgan fingerprint density at radius 3 is 2.16 bits per heavy atom. The third-order valence-corrected chi connectivity index (χ3v) is 6.97. The summed E-state index contributed by atoms with van der Waals surface area (Å²) in [6, 6.07) is 7.78. The highest BCUT2D eigenvalue weighted by Crippen LogP contribution is 2.49. The van der Waals surface area contributed by atoms with Crippen molar-refractivity contribution in [3.05, 3.63) is 58.9 Å². The van der Waals surface area contributed by atoms with Crippen LogP contribution < -0.4 is 0 Å². The van der Waals surface area contributed by atoms with Gasteiger partial charge in [-0.05, 0) is 61.1 Å². The summed E-state index contributed by atoms with van der Waals surface area (Å²) in [6.45, 7) is 3.77. The number of rotatable bonds is 10. The smallest absolute Gasteiger partial charge is 0.369 e. The highest BCUT2D eigenvalue weighted by Gasteiger charge is 2.63. The normalized spacial score (nSPS) is 24.6. The number of ether oxygens (including phenoxy) is 1. The van der Waals surface area contributed by atoms with Crippen molar-refractivity contribution in [1.29, 1.82) is 0 Å². The molecule has 1 nitrogen and oxygen atoms in total. The molecule has 0 spiro atoms. The lowest BCUT2D eigenvalue weighted by Crippen LogP contribution is -2.45. The van der Waals surface area contributed by atoms with Gasteiger partial charge in [-0.3, -0.25) is 0 Å². The molecule has 0 unspecified atom stereocenters. The maximum absolute atomic E-state index is 14.4. The topological polar surface area (TPSA) is 9.23 Å². The maximum atomic E-state index is 14.4. The van der Waals surface area contributed by atoms with Gasteiger partial charge in [-0.15, -0.1) is 0 Å². The summed E-state index contributed by atoms with van der Waals surface area (Å²) in [6.07, 6.45) is 12.6. The Hall–Kier alpha value is -1.78. The first-order chi connectivity index (χ1) is 15.3. The van der Waals surface area contributed by atoms with Gasteiger partial charge in [0.05, 0.1) is 0 Å². The molecule has 0 bridgehead atoms. The molecule has 1 saturated carbocycles. The molecule has 178 valence electrons. The van der Waals surface area contributed by atoms with Crippen LogP contribution in [0, 0.1) is 5.92 Å². The van der Waals surface area contributed by atoms with E-state index in [4.69, 9.17) is 4.74 Å². The third-order valence-electron chi connectivity index (χ3n) is 6.97. The molecule has 1 fully saturated rings. The molecule has 0 aromatic heterocycles. The van der Waals surface area contributed by atoms with E-state index in [2.05, 4.69) is 6.92 Å². The molecule has 1 aromatic carbocycles. The molecular formula is C27H36F4O. The summed E-state index contributed by atoms with van der Waals surface area (Å²) in [5.41, 5.74) is 1.42. The molecule has 0 N–H and O–H groups in total. The van der Waals surface area contributed by atoms with Gasteiger partial charge in [0, 0.05) is 5.57 Å². The van der Waals surface area contributed by atoms with Gasteiger partial charge in [0.25, 0.3) is 0 Å². The van der Waals surface area contributed by atoms with Gasteiger partial charge >= 0.3 is 11.8 Å². The molecule has 2 aliphatic rings. The van der Waals surface area contributed by atoms with Crippen LogP contribution in [0.2, 0.25) is 0 Å². The molecular weight excluding hydrogens is 416 g/mol. The lowest BCUT2D eigenvalue weighted by Gasteiger charge is -2.32. The summed E-state index contributed by atoms with van der Waals surface area (Å²) in [5, 5.41) is 0. The minimum Gasteiger partial charge on any atom is -0.487 e. The van der Waals surface area contributed by atoms with E-state index in [1.54, 1.807) is 6.92 Å². The quantitative estimate of drug-likeness (QED) is 0.254. The van der Waals surface area contributed by atoms with E-state index in [9.17, 15) is 17.6 Å². The van der Waals surface area contributed by atoms with Crippen molar-refractivity contribution >= 4 is 0 Å². The van der Waals surface area contributed by atoms with Crippen molar-refractivity contribution in [3.63, 3.8) is 0 Å². The molecule has 0 radical (unpaired) electrons. The number of alkyl halides is 4. The second-order valence-corrected chi connectivity index (χ2v) is 9.37. The molecule has 0 amide bonds. The zero-order valence-electron chi connectivity index (χ0n) is 19.3. The second-order valence-electron chi connectivity index (χ2n) is 9.37. The summed E-state index contributed by atoms with van der Waals surface area (Å²) in [4.78, 5) is 0. The molecule has 1 aromatic rings. The van der Waals surface area contributed by atoms with Crippen LogP contribution >= 0.6 is 0 Å². The highest BCUT2D eigenvalue weighted by molar-refractivity contribution is 5.35. The SMILES string of the molecule is CCCCCC1CCC(c2ccc(COC3=CC=C(CCC)C(F)(F)C3(F)F)cc2)CC1. The van der Waals surface area contributed by atoms with Gasteiger partial charge in [0.1, 0.15) is 6.61 Å². The number of hydrogen-bond donors (Lipinski definition) is 0. The predicted molar refractivity (Wildman–Crippen MR) is 121 cm³/mol. The number of benzene rings is 1. The minimum absolute atomic E-state index is 0.0610. The summed E-state index contributed by atoms with van der Waals surface area (Å²) in [7, 11) is 0. The van der Waals surface area contributed by atoms with E-state index in [-0.39, 0.29) is 13.0 Å². The van der Waals surface area contributed by atoms with Crippen LogP contribution in [0.5, 0.6) is 0 Å². The van der Waals surface area contributed by atoms with E-state index in [0.29, 0.717) is 17.9 Å². The summed E-state index contributed by atoms with van der Waals surface area (Å²) < 4.78 is 62.4. The first-order valence-corrected chi connectivity index (χ1v) is 12.2. The Labute approximate surface area is 189 Å². The molecule has 0 heterocycles. The first kappa shape index (κ1) is 24.9. The molecule has 5 heteroatoms. The Kier molecular flexibility index (Phi) is 8.46. The second kappa shape index (κ2) is 10.9. The van der Waals surface area contributed by atoms with Gasteiger partial charge in [-0.1, -0.05) is 76.3 Å². The van der Waals surface area contributed by atoms with Crippen molar-refractivity contribution in [3.8, 4) is 0 Å². The van der Waals surface area contributed by atoms with E-state index in [0.717, 1.165) is 18.1 Å². The lowest BCUT2D eigenvalue weighted by molar-refractivity contribution is -0.187. The number of hydrogen-bond acceptors (Lipinski definition) is 1. The lowest BCUT2D eigenvalue weighted by atomic mass is 9.77. The first-order valence-electron chi connectivity index (χ1n) is 12.2. The van der Waals surface area contributed by atoms with Crippen LogP contribution in [0.15, 0.2) is 47.7 Å². The fourth-order valence-corrected chi connectivity index (χ4v) is 4.90. The van der Waals surface area contributed by atoms with Crippen molar-refractivity contribution in [1.82, 2.24) is 0 Å². The van der Waals surface area contributed by atoms with Gasteiger partial charge in [0.15, 0.2) is 5.76 Å². The van der Waals surface area contributed by atoms with Crippen molar-refractivity contribution in [2.75, 3.05) is 0 Å². The molecule has 32 heavy (non-hydrogen) atoms. The number of unbranched alkanes of at least 4 members (excludes halogenated alkanes) is 2. The number of allylic oxidation sites excluding steroid dienone is 4. The van der Waals surface area contributed by atoms with Crippen LogP contribution in [-0.2, 0) is 11.3 Å². The van der Waals surface area contributed by atoms with Crippen LogP contribution in [0.25, 0.3) is 0 Å². The van der Waals surface area contributed by atoms with Crippen LogP contribution in [0.1, 0.15) is 95.1 Å². The van der Waals surface area contributed by atoms with Gasteiger partial charge in [-0.2, -0.15) is 17.6 Å². The highest BCUT2D eigenvalue weighted by atomic mass is 19.3. The zero-order valence-corrected chi connectivity index (χ0v) is 19.3. The average Bonchev–Trinajstić information content (AvgIpc) is 2.78. The van der Waals surface area contributed by atoms with Gasteiger partial charge < -0.3 is 4.74 Å². The summed E-state index contributed by atoms with van der Waals surface area (Å²) >= 11 is 0. The van der Waals surface area contributed by atoms with E-state index in [1.807, 2.05) is 24.3 Å². The minimum atomic E-state index is -4.33. The number of halogens is 4. The zero-order chi connectivity index (χ0) is 23.2. The monoisotopic (exact) mass is 452 g/mol. The summed E-state index contributed by atoms with van der Waals surface area (Å²) in [5.74, 6) is -8.12. The van der Waals surface area contributed by atoms with Crippen molar-refractivity contribution in [2.45, 2.75) is 102 Å². The van der Waals surface area contributed by atoms with Gasteiger partial charge in [0.2, 0.25) is 0 Å². The van der Waals surface area contributed by atoms with E-state index >= 15 is 0 Å². The predicted octanol–water partition coefficient (Wildman–Crippen LogP) is 8.95. The van der Waals surface area contributed by atoms with E-state index < -0.39 is 23.2 Å². The van der Waals surface area contributed by atoms with Crippen LogP contribution in [-0.4, -0.2) is 11.8 Å². The Morgan fingerprint density at radius 2 is 1.53 bits per heavy atom. The molecule has 0 saturated heterocycles. The molecule has 0 aliphatic heterocycles. The maximum Gasteiger partial charge on any atom is 0.369 e. The average molecular weight is 453 g/mol. The standard InChI is InChI=1S/C27H36F4O/c1-3-5-6-8-20-9-13-22(14-10-20)23-15-11-21(12-16-23)19-32-25-18-17-24(7-4-2)26(28,29)27(25,30)31/h11-12,15-18,20,22H,3-10,13-14,19H2,1-2H3.